The Hall–Kier alpha value is -1.31. The number of fused-ring (bicyclic) bond motifs is 3. The summed E-state index contributed by atoms with van der Waals surface area (Å²) >= 11 is 0. The summed E-state index contributed by atoms with van der Waals surface area (Å²) in [7, 11) is 0. The zero-order valence-electron chi connectivity index (χ0n) is 9.86. The number of amides is 1. The van der Waals surface area contributed by atoms with Crippen molar-refractivity contribution in [3.05, 3.63) is 29.3 Å². The Morgan fingerprint density at radius 3 is 3.00 bits per heavy atom. The van der Waals surface area contributed by atoms with E-state index in [-0.39, 0.29) is 0 Å². The number of anilines is 1. The van der Waals surface area contributed by atoms with Gasteiger partial charge in [0.25, 0.3) is 0 Å². The molecule has 0 saturated heterocycles. The van der Waals surface area contributed by atoms with Crippen LogP contribution in [0.2, 0.25) is 0 Å². The summed E-state index contributed by atoms with van der Waals surface area (Å²) in [5.74, 6) is 1.57. The van der Waals surface area contributed by atoms with E-state index >= 15 is 0 Å². The molecule has 1 aromatic rings. The fourth-order valence-electron chi connectivity index (χ4n) is 2.89. The molecule has 1 aliphatic carbocycles. The van der Waals surface area contributed by atoms with Crippen molar-refractivity contribution in [3.8, 4) is 0 Å². The minimum atomic E-state index is 0.303. The second-order valence-electron chi connectivity index (χ2n) is 5.01. The van der Waals surface area contributed by atoms with Crippen molar-refractivity contribution in [2.24, 2.45) is 5.92 Å². The molecule has 2 heteroatoms. The monoisotopic (exact) mass is 215 g/mol. The first-order chi connectivity index (χ1) is 7.70. The molecule has 2 aliphatic rings. The molecule has 2 nitrogen and oxygen atoms in total. The van der Waals surface area contributed by atoms with Gasteiger partial charge in [0.15, 0.2) is 0 Å². The van der Waals surface area contributed by atoms with Crippen LogP contribution in [0, 0.1) is 12.8 Å². The van der Waals surface area contributed by atoms with E-state index in [0.29, 0.717) is 17.7 Å². The molecular formula is C14H17NO. The zero-order chi connectivity index (χ0) is 11.3. The molecule has 0 bridgehead atoms. The van der Waals surface area contributed by atoms with Crippen LogP contribution in [0.5, 0.6) is 0 Å². The lowest BCUT2D eigenvalue weighted by molar-refractivity contribution is -0.118. The van der Waals surface area contributed by atoms with Gasteiger partial charge < -0.3 is 4.90 Å². The molecule has 1 saturated carbocycles. The van der Waals surface area contributed by atoms with Gasteiger partial charge in [0.1, 0.15) is 0 Å². The Labute approximate surface area is 96.3 Å². The number of carbonyl (C=O) groups excluding carboxylic acids is 1. The molecule has 1 heterocycles. The van der Waals surface area contributed by atoms with E-state index in [2.05, 4.69) is 32.0 Å². The number of carbonyl (C=O) groups is 1. The lowest BCUT2D eigenvalue weighted by Gasteiger charge is -2.22. The van der Waals surface area contributed by atoms with Crippen molar-refractivity contribution >= 4 is 11.6 Å². The molecule has 0 spiro atoms. The standard InChI is InChI=1S/C14H17NO/c1-3-15-13-5-4-9(2)6-12(13)11-7-10(11)8-14(15)16/h4-6,10-11H,3,7-8H2,1-2H3. The Bertz CT molecular complexity index is 452. The second kappa shape index (κ2) is 3.34. The maximum atomic E-state index is 12.1. The van der Waals surface area contributed by atoms with E-state index < -0.39 is 0 Å². The summed E-state index contributed by atoms with van der Waals surface area (Å²) in [6, 6.07) is 6.49. The zero-order valence-corrected chi connectivity index (χ0v) is 9.86. The van der Waals surface area contributed by atoms with Gasteiger partial charge in [0.2, 0.25) is 5.91 Å². The number of hydrogen-bond acceptors (Lipinski definition) is 1. The first-order valence-corrected chi connectivity index (χ1v) is 6.11. The van der Waals surface area contributed by atoms with Gasteiger partial charge in [0, 0.05) is 18.7 Å². The van der Waals surface area contributed by atoms with E-state index in [1.165, 1.54) is 17.5 Å². The summed E-state index contributed by atoms with van der Waals surface area (Å²) in [5.41, 5.74) is 3.86. The fourth-order valence-corrected chi connectivity index (χ4v) is 2.89. The van der Waals surface area contributed by atoms with Crippen LogP contribution < -0.4 is 4.90 Å². The smallest absolute Gasteiger partial charge is 0.227 e. The van der Waals surface area contributed by atoms with E-state index in [1.807, 2.05) is 4.90 Å². The Balaban J connectivity index is 2.13. The molecular weight excluding hydrogens is 198 g/mol. The van der Waals surface area contributed by atoms with Gasteiger partial charge in [-0.1, -0.05) is 17.7 Å². The van der Waals surface area contributed by atoms with Crippen LogP contribution in [0.25, 0.3) is 0 Å². The molecule has 0 N–H and O–H groups in total. The number of aryl methyl sites for hydroxylation is 1. The molecule has 3 rings (SSSR count). The third-order valence-corrected chi connectivity index (χ3v) is 3.85. The molecule has 0 aromatic heterocycles. The highest BCUT2D eigenvalue weighted by molar-refractivity contribution is 5.96. The largest absolute Gasteiger partial charge is 0.312 e. The Morgan fingerprint density at radius 1 is 1.44 bits per heavy atom. The lowest BCUT2D eigenvalue weighted by atomic mass is 10.0. The molecule has 1 aromatic carbocycles. The van der Waals surface area contributed by atoms with E-state index in [0.717, 1.165) is 18.7 Å². The fraction of sp³-hybridized carbons (Fsp3) is 0.500. The van der Waals surface area contributed by atoms with Gasteiger partial charge in [-0.2, -0.15) is 0 Å². The maximum Gasteiger partial charge on any atom is 0.227 e. The van der Waals surface area contributed by atoms with Crippen LogP contribution in [0.3, 0.4) is 0 Å². The van der Waals surface area contributed by atoms with Crippen molar-refractivity contribution in [2.45, 2.75) is 32.6 Å². The number of rotatable bonds is 1. The molecule has 2 atom stereocenters. The molecule has 1 amide bonds. The summed E-state index contributed by atoms with van der Waals surface area (Å²) in [5, 5.41) is 0. The summed E-state index contributed by atoms with van der Waals surface area (Å²) in [6.45, 7) is 4.97. The quantitative estimate of drug-likeness (QED) is 0.705. The third-order valence-electron chi connectivity index (χ3n) is 3.85. The number of hydrogen-bond donors (Lipinski definition) is 0. The van der Waals surface area contributed by atoms with Gasteiger partial charge in [-0.3, -0.25) is 4.79 Å². The number of benzene rings is 1. The predicted molar refractivity (Wildman–Crippen MR) is 64.7 cm³/mol. The predicted octanol–water partition coefficient (Wildman–Crippen LogP) is 2.86. The summed E-state index contributed by atoms with van der Waals surface area (Å²) in [4.78, 5) is 14.0. The SMILES string of the molecule is CCN1C(=O)CC2CC2c2cc(C)ccc21. The highest BCUT2D eigenvalue weighted by Gasteiger charge is 2.44. The lowest BCUT2D eigenvalue weighted by Crippen LogP contribution is -2.30. The van der Waals surface area contributed by atoms with Crippen LogP contribution in [0.4, 0.5) is 5.69 Å². The number of nitrogens with zero attached hydrogens (tertiary/aromatic N) is 1. The Morgan fingerprint density at radius 2 is 2.25 bits per heavy atom. The van der Waals surface area contributed by atoms with Crippen LogP contribution in [0.15, 0.2) is 18.2 Å². The minimum absolute atomic E-state index is 0.303. The minimum Gasteiger partial charge on any atom is -0.312 e. The summed E-state index contributed by atoms with van der Waals surface area (Å²) < 4.78 is 0. The normalized spacial score (nSPS) is 27.1. The Kier molecular flexibility index (Phi) is 2.06. The molecule has 84 valence electrons. The van der Waals surface area contributed by atoms with Crippen LogP contribution in [0.1, 0.15) is 36.8 Å². The first-order valence-electron chi connectivity index (χ1n) is 6.11. The van der Waals surface area contributed by atoms with Gasteiger partial charge in [-0.25, -0.2) is 0 Å². The van der Waals surface area contributed by atoms with Gasteiger partial charge in [-0.15, -0.1) is 0 Å². The second-order valence-corrected chi connectivity index (χ2v) is 5.01. The van der Waals surface area contributed by atoms with E-state index in [1.54, 1.807) is 0 Å². The average molecular weight is 215 g/mol. The topological polar surface area (TPSA) is 20.3 Å². The van der Waals surface area contributed by atoms with Gasteiger partial charge in [-0.05, 0) is 43.7 Å². The highest BCUT2D eigenvalue weighted by Crippen LogP contribution is 2.54. The molecule has 2 unspecified atom stereocenters. The molecule has 16 heavy (non-hydrogen) atoms. The average Bonchev–Trinajstić information content (AvgIpc) is 2.99. The van der Waals surface area contributed by atoms with Crippen molar-refractivity contribution < 1.29 is 4.79 Å². The maximum absolute atomic E-state index is 12.1. The first kappa shape index (κ1) is 9.88. The molecule has 1 fully saturated rings. The van der Waals surface area contributed by atoms with Gasteiger partial charge >= 0.3 is 0 Å². The van der Waals surface area contributed by atoms with E-state index in [9.17, 15) is 4.79 Å². The van der Waals surface area contributed by atoms with Crippen molar-refractivity contribution in [1.82, 2.24) is 0 Å². The van der Waals surface area contributed by atoms with Gasteiger partial charge in [0.05, 0.1) is 0 Å². The summed E-state index contributed by atoms with van der Waals surface area (Å²) in [6.07, 6.45) is 1.95. The van der Waals surface area contributed by atoms with Crippen LogP contribution in [-0.2, 0) is 4.79 Å². The third kappa shape index (κ3) is 1.36. The highest BCUT2D eigenvalue weighted by atomic mass is 16.2. The van der Waals surface area contributed by atoms with Crippen LogP contribution >= 0.6 is 0 Å². The van der Waals surface area contributed by atoms with Crippen molar-refractivity contribution in [2.75, 3.05) is 11.4 Å². The van der Waals surface area contributed by atoms with Crippen molar-refractivity contribution in [3.63, 3.8) is 0 Å². The van der Waals surface area contributed by atoms with Crippen LogP contribution in [-0.4, -0.2) is 12.5 Å². The molecule has 0 radical (unpaired) electrons. The van der Waals surface area contributed by atoms with Crippen molar-refractivity contribution in [1.29, 1.82) is 0 Å². The molecule has 1 aliphatic heterocycles. The van der Waals surface area contributed by atoms with E-state index in [4.69, 9.17) is 0 Å².